The monoisotopic (exact) mass is 289 g/mol. The second-order valence-electron chi connectivity index (χ2n) is 6.37. The van der Waals surface area contributed by atoms with E-state index in [4.69, 9.17) is 0 Å². The van der Waals surface area contributed by atoms with Gasteiger partial charge in [-0.1, -0.05) is 70.6 Å². The molecule has 0 radical (unpaired) electrons. The molecule has 1 rings (SSSR count). The molecule has 0 saturated carbocycles. The van der Waals surface area contributed by atoms with Crippen LogP contribution in [-0.2, 0) is 0 Å². The lowest BCUT2D eigenvalue weighted by atomic mass is 9.92. The van der Waals surface area contributed by atoms with E-state index in [1.54, 1.807) is 5.56 Å². The zero-order chi connectivity index (χ0) is 15.5. The van der Waals surface area contributed by atoms with Crippen LogP contribution in [0.1, 0.15) is 87.9 Å². The van der Waals surface area contributed by atoms with Gasteiger partial charge in [-0.2, -0.15) is 0 Å². The summed E-state index contributed by atoms with van der Waals surface area (Å²) in [6.45, 7) is 10.2. The third-order valence-corrected chi connectivity index (χ3v) is 4.38. The van der Waals surface area contributed by atoms with Gasteiger partial charge < -0.3 is 5.32 Å². The molecule has 21 heavy (non-hydrogen) atoms. The molecule has 0 heterocycles. The SMILES string of the molecule is CCCCCCCCC(NCCC)c1c(C)cccc1C. The van der Waals surface area contributed by atoms with E-state index in [2.05, 4.69) is 51.2 Å². The van der Waals surface area contributed by atoms with Crippen LogP contribution < -0.4 is 5.32 Å². The van der Waals surface area contributed by atoms with Crippen LogP contribution in [0.2, 0.25) is 0 Å². The summed E-state index contributed by atoms with van der Waals surface area (Å²) in [7, 11) is 0. The summed E-state index contributed by atoms with van der Waals surface area (Å²) in [5, 5.41) is 3.77. The Labute approximate surface area is 132 Å². The van der Waals surface area contributed by atoms with Crippen LogP contribution in [-0.4, -0.2) is 6.54 Å². The lowest BCUT2D eigenvalue weighted by Gasteiger charge is -2.23. The van der Waals surface area contributed by atoms with E-state index in [1.165, 1.54) is 62.5 Å². The first kappa shape index (κ1) is 18.2. The summed E-state index contributed by atoms with van der Waals surface area (Å²) in [4.78, 5) is 0. The highest BCUT2D eigenvalue weighted by Crippen LogP contribution is 2.26. The molecule has 1 heteroatoms. The van der Waals surface area contributed by atoms with Crippen molar-refractivity contribution in [3.63, 3.8) is 0 Å². The van der Waals surface area contributed by atoms with Crippen molar-refractivity contribution in [1.82, 2.24) is 5.32 Å². The number of nitrogens with one attached hydrogen (secondary N) is 1. The molecular formula is C20H35N. The number of benzene rings is 1. The molecular weight excluding hydrogens is 254 g/mol. The third-order valence-electron chi connectivity index (χ3n) is 4.38. The predicted molar refractivity (Wildman–Crippen MR) is 94.9 cm³/mol. The topological polar surface area (TPSA) is 12.0 Å². The first-order valence-corrected chi connectivity index (χ1v) is 9.00. The maximum atomic E-state index is 3.77. The predicted octanol–water partition coefficient (Wildman–Crippen LogP) is 6.09. The highest BCUT2D eigenvalue weighted by atomic mass is 14.9. The first-order chi connectivity index (χ1) is 10.2. The fourth-order valence-corrected chi connectivity index (χ4v) is 3.17. The van der Waals surface area contributed by atoms with Crippen LogP contribution in [0.15, 0.2) is 18.2 Å². The molecule has 1 aromatic carbocycles. The smallest absolute Gasteiger partial charge is 0.0325 e. The minimum atomic E-state index is 0.539. The van der Waals surface area contributed by atoms with Crippen molar-refractivity contribution in [3.8, 4) is 0 Å². The maximum absolute atomic E-state index is 3.77. The molecule has 1 N–H and O–H groups in total. The Kier molecular flexibility index (Phi) is 9.41. The van der Waals surface area contributed by atoms with Crippen molar-refractivity contribution in [2.24, 2.45) is 0 Å². The van der Waals surface area contributed by atoms with Crippen molar-refractivity contribution in [2.75, 3.05) is 6.54 Å². The normalized spacial score (nSPS) is 12.6. The molecule has 0 aliphatic carbocycles. The Hall–Kier alpha value is -0.820. The van der Waals surface area contributed by atoms with Gasteiger partial charge in [-0.3, -0.25) is 0 Å². The zero-order valence-corrected chi connectivity index (χ0v) is 14.7. The molecule has 0 aliphatic heterocycles. The molecule has 0 aliphatic rings. The summed E-state index contributed by atoms with van der Waals surface area (Å²) in [6, 6.07) is 7.22. The average Bonchev–Trinajstić information content (AvgIpc) is 2.47. The van der Waals surface area contributed by atoms with Crippen molar-refractivity contribution < 1.29 is 0 Å². The van der Waals surface area contributed by atoms with Crippen molar-refractivity contribution in [3.05, 3.63) is 34.9 Å². The van der Waals surface area contributed by atoms with Gasteiger partial charge in [-0.25, -0.2) is 0 Å². The van der Waals surface area contributed by atoms with E-state index in [9.17, 15) is 0 Å². The van der Waals surface area contributed by atoms with Crippen molar-refractivity contribution in [1.29, 1.82) is 0 Å². The van der Waals surface area contributed by atoms with Gasteiger partial charge in [-0.15, -0.1) is 0 Å². The Morgan fingerprint density at radius 1 is 0.857 bits per heavy atom. The van der Waals surface area contributed by atoms with E-state index < -0.39 is 0 Å². The fourth-order valence-electron chi connectivity index (χ4n) is 3.17. The second-order valence-corrected chi connectivity index (χ2v) is 6.37. The first-order valence-electron chi connectivity index (χ1n) is 9.00. The molecule has 1 nitrogen and oxygen atoms in total. The number of hydrogen-bond acceptors (Lipinski definition) is 1. The molecule has 0 bridgehead atoms. The van der Waals surface area contributed by atoms with Gasteiger partial charge in [0.1, 0.15) is 0 Å². The number of hydrogen-bond donors (Lipinski definition) is 1. The molecule has 1 unspecified atom stereocenters. The van der Waals surface area contributed by atoms with Gasteiger partial charge in [0.15, 0.2) is 0 Å². The van der Waals surface area contributed by atoms with Gasteiger partial charge in [0.2, 0.25) is 0 Å². The molecule has 0 amide bonds. The Morgan fingerprint density at radius 3 is 2.10 bits per heavy atom. The van der Waals surface area contributed by atoms with E-state index in [1.807, 2.05) is 0 Å². The quantitative estimate of drug-likeness (QED) is 0.486. The van der Waals surface area contributed by atoms with Gasteiger partial charge in [0.25, 0.3) is 0 Å². The van der Waals surface area contributed by atoms with Gasteiger partial charge >= 0.3 is 0 Å². The Balaban J connectivity index is 2.55. The lowest BCUT2D eigenvalue weighted by molar-refractivity contribution is 0.463. The van der Waals surface area contributed by atoms with Crippen LogP contribution >= 0.6 is 0 Å². The number of aryl methyl sites for hydroxylation is 2. The van der Waals surface area contributed by atoms with Crippen LogP contribution in [0.5, 0.6) is 0 Å². The fraction of sp³-hybridized carbons (Fsp3) is 0.700. The zero-order valence-electron chi connectivity index (χ0n) is 14.7. The van der Waals surface area contributed by atoms with E-state index >= 15 is 0 Å². The molecule has 0 saturated heterocycles. The Bertz CT molecular complexity index is 363. The lowest BCUT2D eigenvalue weighted by Crippen LogP contribution is -2.23. The van der Waals surface area contributed by atoms with Crippen LogP contribution in [0.3, 0.4) is 0 Å². The molecule has 120 valence electrons. The molecule has 0 fully saturated rings. The summed E-state index contributed by atoms with van der Waals surface area (Å²) in [5.74, 6) is 0. The van der Waals surface area contributed by atoms with Crippen LogP contribution in [0.25, 0.3) is 0 Å². The molecule has 1 atom stereocenters. The maximum Gasteiger partial charge on any atom is 0.0325 e. The van der Waals surface area contributed by atoms with Gasteiger partial charge in [0, 0.05) is 6.04 Å². The van der Waals surface area contributed by atoms with E-state index in [0.717, 1.165) is 6.54 Å². The highest BCUT2D eigenvalue weighted by Gasteiger charge is 2.14. The molecule has 0 spiro atoms. The summed E-state index contributed by atoms with van der Waals surface area (Å²) >= 11 is 0. The molecule has 0 aromatic heterocycles. The average molecular weight is 290 g/mol. The third kappa shape index (κ3) is 6.65. The van der Waals surface area contributed by atoms with E-state index in [-0.39, 0.29) is 0 Å². The van der Waals surface area contributed by atoms with Crippen molar-refractivity contribution in [2.45, 2.75) is 85.1 Å². The molecule has 1 aromatic rings. The highest BCUT2D eigenvalue weighted by molar-refractivity contribution is 5.36. The van der Waals surface area contributed by atoms with Gasteiger partial charge in [-0.05, 0) is 49.9 Å². The van der Waals surface area contributed by atoms with Gasteiger partial charge in [0.05, 0.1) is 0 Å². The Morgan fingerprint density at radius 2 is 1.48 bits per heavy atom. The number of rotatable bonds is 11. The van der Waals surface area contributed by atoms with Crippen LogP contribution in [0, 0.1) is 13.8 Å². The summed E-state index contributed by atoms with van der Waals surface area (Å²) in [6.07, 6.45) is 10.8. The second kappa shape index (κ2) is 10.8. The van der Waals surface area contributed by atoms with Crippen LogP contribution in [0.4, 0.5) is 0 Å². The summed E-state index contributed by atoms with van der Waals surface area (Å²) in [5.41, 5.74) is 4.42. The number of unbranched alkanes of at least 4 members (excludes halogenated alkanes) is 5. The standard InChI is InChI=1S/C20H35N/c1-5-7-8-9-10-11-15-19(21-16-6-2)20-17(3)13-12-14-18(20)4/h12-14,19,21H,5-11,15-16H2,1-4H3. The minimum Gasteiger partial charge on any atom is -0.310 e. The summed E-state index contributed by atoms with van der Waals surface area (Å²) < 4.78 is 0. The minimum absolute atomic E-state index is 0.539. The van der Waals surface area contributed by atoms with Crippen molar-refractivity contribution >= 4 is 0 Å². The largest absolute Gasteiger partial charge is 0.310 e. The van der Waals surface area contributed by atoms with E-state index in [0.29, 0.717) is 6.04 Å².